The molecule has 164 valence electrons. The summed E-state index contributed by atoms with van der Waals surface area (Å²) in [6.45, 7) is 8.83. The van der Waals surface area contributed by atoms with E-state index < -0.39 is 11.7 Å². The van der Waals surface area contributed by atoms with E-state index in [1.54, 1.807) is 12.4 Å². The van der Waals surface area contributed by atoms with E-state index in [9.17, 15) is 13.2 Å². The number of aromatic nitrogens is 3. The first-order valence-electron chi connectivity index (χ1n) is 10.5. The van der Waals surface area contributed by atoms with Crippen LogP contribution in [0.25, 0.3) is 33.9 Å². The molecule has 0 fully saturated rings. The van der Waals surface area contributed by atoms with Crippen LogP contribution in [0.5, 0.6) is 0 Å². The number of halogens is 3. The molecule has 0 saturated heterocycles. The Bertz CT molecular complexity index is 1230. The number of rotatable bonds is 4. The first-order chi connectivity index (χ1) is 15.2. The Morgan fingerprint density at radius 3 is 1.97 bits per heavy atom. The van der Waals surface area contributed by atoms with Crippen molar-refractivity contribution in [1.82, 2.24) is 14.5 Å². The Kier molecular flexibility index (Phi) is 5.63. The summed E-state index contributed by atoms with van der Waals surface area (Å²) in [5.41, 5.74) is 6.86. The number of nitrogens with zero attached hydrogens (tertiary/aromatic N) is 3. The van der Waals surface area contributed by atoms with Crippen LogP contribution < -0.4 is 0 Å². The zero-order valence-corrected chi connectivity index (χ0v) is 18.5. The Morgan fingerprint density at radius 2 is 1.44 bits per heavy atom. The van der Waals surface area contributed by atoms with Crippen molar-refractivity contribution in [1.29, 1.82) is 0 Å². The van der Waals surface area contributed by atoms with E-state index in [0.717, 1.165) is 51.6 Å². The molecule has 0 aliphatic carbocycles. The highest BCUT2D eigenvalue weighted by atomic mass is 19.4. The molecule has 0 unspecified atom stereocenters. The molecule has 4 aromatic rings. The van der Waals surface area contributed by atoms with Crippen LogP contribution in [0.15, 0.2) is 60.9 Å². The largest absolute Gasteiger partial charge is 0.416 e. The smallest absolute Gasteiger partial charge is 0.324 e. The van der Waals surface area contributed by atoms with Gasteiger partial charge in [0.05, 0.1) is 17.0 Å². The fourth-order valence-corrected chi connectivity index (χ4v) is 4.31. The molecule has 0 N–H and O–H groups in total. The van der Waals surface area contributed by atoms with Crippen molar-refractivity contribution in [3.05, 3.63) is 83.2 Å². The molecule has 0 saturated carbocycles. The molecule has 0 aliphatic rings. The van der Waals surface area contributed by atoms with E-state index in [4.69, 9.17) is 4.98 Å². The lowest BCUT2D eigenvalue weighted by Crippen LogP contribution is -2.05. The molecule has 0 amide bonds. The predicted molar refractivity (Wildman–Crippen MR) is 121 cm³/mol. The van der Waals surface area contributed by atoms with Crippen LogP contribution in [0.2, 0.25) is 0 Å². The van der Waals surface area contributed by atoms with Crippen molar-refractivity contribution in [2.24, 2.45) is 0 Å². The van der Waals surface area contributed by atoms with Gasteiger partial charge < -0.3 is 4.57 Å². The second-order valence-electron chi connectivity index (χ2n) is 7.96. The number of hydrogen-bond acceptors (Lipinski definition) is 2. The second-order valence-corrected chi connectivity index (χ2v) is 7.96. The Labute approximate surface area is 185 Å². The summed E-state index contributed by atoms with van der Waals surface area (Å²) in [6, 6.07) is 13.3. The standard InChI is InChI=1S/C26H24F3N3/c1-5-32-24(20-6-8-21(9-7-20)26(27,28)29)23(19-10-12-30-13-11-19)31-25(32)22-17(3)14-16(2)15-18(22)4/h6-15H,5H2,1-4H3. The van der Waals surface area contributed by atoms with E-state index in [0.29, 0.717) is 12.1 Å². The van der Waals surface area contributed by atoms with Gasteiger partial charge in [0.1, 0.15) is 5.82 Å². The van der Waals surface area contributed by atoms with Crippen molar-refractivity contribution in [2.75, 3.05) is 0 Å². The first-order valence-corrected chi connectivity index (χ1v) is 10.5. The summed E-state index contributed by atoms with van der Waals surface area (Å²) in [6.07, 6.45) is -0.990. The topological polar surface area (TPSA) is 30.7 Å². The highest BCUT2D eigenvalue weighted by Crippen LogP contribution is 2.39. The fourth-order valence-electron chi connectivity index (χ4n) is 4.31. The maximum Gasteiger partial charge on any atom is 0.416 e. The Balaban J connectivity index is 2.01. The molecule has 0 spiro atoms. The fraction of sp³-hybridized carbons (Fsp3) is 0.231. The third-order valence-electron chi connectivity index (χ3n) is 5.62. The van der Waals surface area contributed by atoms with Crippen molar-refractivity contribution in [3.63, 3.8) is 0 Å². The van der Waals surface area contributed by atoms with Crippen molar-refractivity contribution >= 4 is 0 Å². The average Bonchev–Trinajstić information content (AvgIpc) is 3.12. The summed E-state index contributed by atoms with van der Waals surface area (Å²) in [5, 5.41) is 0. The molecular formula is C26H24F3N3. The van der Waals surface area contributed by atoms with Crippen LogP contribution in [0, 0.1) is 20.8 Å². The number of benzene rings is 2. The first kappa shape index (κ1) is 21.8. The molecule has 2 heterocycles. The van der Waals surface area contributed by atoms with Crippen LogP contribution in [0.4, 0.5) is 13.2 Å². The maximum absolute atomic E-state index is 13.1. The van der Waals surface area contributed by atoms with Crippen molar-refractivity contribution in [3.8, 4) is 33.9 Å². The highest BCUT2D eigenvalue weighted by Gasteiger charge is 2.30. The van der Waals surface area contributed by atoms with E-state index in [1.807, 2.05) is 19.1 Å². The van der Waals surface area contributed by atoms with E-state index in [1.165, 1.54) is 17.7 Å². The second kappa shape index (κ2) is 8.26. The number of alkyl halides is 3. The van der Waals surface area contributed by atoms with Crippen LogP contribution in [0.3, 0.4) is 0 Å². The minimum absolute atomic E-state index is 0.622. The lowest BCUT2D eigenvalue weighted by atomic mass is 9.99. The number of imidazole rings is 1. The summed E-state index contributed by atoms with van der Waals surface area (Å²) in [5.74, 6) is 0.809. The quantitative estimate of drug-likeness (QED) is 0.338. The van der Waals surface area contributed by atoms with Gasteiger partial charge >= 0.3 is 6.18 Å². The molecule has 0 bridgehead atoms. The van der Waals surface area contributed by atoms with Crippen LogP contribution in [0.1, 0.15) is 29.2 Å². The van der Waals surface area contributed by atoms with Gasteiger partial charge in [0.25, 0.3) is 0 Å². The normalized spacial score (nSPS) is 11.7. The van der Waals surface area contributed by atoms with Gasteiger partial charge in [0.15, 0.2) is 0 Å². The molecule has 4 rings (SSSR count). The van der Waals surface area contributed by atoms with Gasteiger partial charge in [-0.15, -0.1) is 0 Å². The molecule has 2 aromatic carbocycles. The minimum Gasteiger partial charge on any atom is -0.324 e. The summed E-state index contributed by atoms with van der Waals surface area (Å²) >= 11 is 0. The predicted octanol–water partition coefficient (Wildman–Crippen LogP) is 7.24. The molecule has 0 radical (unpaired) electrons. The molecular weight excluding hydrogens is 411 g/mol. The molecule has 32 heavy (non-hydrogen) atoms. The Hall–Kier alpha value is -3.41. The van der Waals surface area contributed by atoms with Gasteiger partial charge in [0.2, 0.25) is 0 Å². The summed E-state index contributed by atoms with van der Waals surface area (Å²) < 4.78 is 41.5. The van der Waals surface area contributed by atoms with E-state index in [-0.39, 0.29) is 0 Å². The third-order valence-corrected chi connectivity index (χ3v) is 5.62. The maximum atomic E-state index is 13.1. The lowest BCUT2D eigenvalue weighted by Gasteiger charge is -2.15. The zero-order valence-electron chi connectivity index (χ0n) is 18.5. The monoisotopic (exact) mass is 435 g/mol. The SMILES string of the molecule is CCn1c(-c2c(C)cc(C)cc2C)nc(-c2ccncc2)c1-c1ccc(C(F)(F)F)cc1. The van der Waals surface area contributed by atoms with Gasteiger partial charge in [-0.05, 0) is 63.1 Å². The third kappa shape index (κ3) is 3.93. The van der Waals surface area contributed by atoms with Crippen molar-refractivity contribution in [2.45, 2.75) is 40.4 Å². The van der Waals surface area contributed by atoms with Crippen LogP contribution in [-0.2, 0) is 12.7 Å². The molecule has 0 atom stereocenters. The van der Waals surface area contributed by atoms with Crippen LogP contribution in [-0.4, -0.2) is 14.5 Å². The highest BCUT2D eigenvalue weighted by molar-refractivity contribution is 5.83. The number of hydrogen-bond donors (Lipinski definition) is 0. The minimum atomic E-state index is -4.38. The van der Waals surface area contributed by atoms with Gasteiger partial charge in [0, 0.05) is 35.6 Å². The lowest BCUT2D eigenvalue weighted by molar-refractivity contribution is -0.137. The molecule has 0 aliphatic heterocycles. The van der Waals surface area contributed by atoms with Gasteiger partial charge in [-0.3, -0.25) is 4.98 Å². The molecule has 3 nitrogen and oxygen atoms in total. The number of pyridine rings is 1. The average molecular weight is 435 g/mol. The van der Waals surface area contributed by atoms with E-state index >= 15 is 0 Å². The number of aryl methyl sites for hydroxylation is 3. The zero-order chi connectivity index (χ0) is 23.0. The molecule has 6 heteroatoms. The summed E-state index contributed by atoms with van der Waals surface area (Å²) in [7, 11) is 0. The molecule has 2 aromatic heterocycles. The van der Waals surface area contributed by atoms with Gasteiger partial charge in [-0.1, -0.05) is 29.8 Å². The van der Waals surface area contributed by atoms with Gasteiger partial charge in [-0.2, -0.15) is 13.2 Å². The van der Waals surface area contributed by atoms with E-state index in [2.05, 4.69) is 42.5 Å². The summed E-state index contributed by atoms with van der Waals surface area (Å²) in [4.78, 5) is 9.13. The van der Waals surface area contributed by atoms with Crippen LogP contribution >= 0.6 is 0 Å². The van der Waals surface area contributed by atoms with Gasteiger partial charge in [-0.25, -0.2) is 4.98 Å². The van der Waals surface area contributed by atoms with Crippen molar-refractivity contribution < 1.29 is 13.2 Å². The Morgan fingerprint density at radius 1 is 0.844 bits per heavy atom.